The number of ether oxygens (including phenoxy) is 2. The van der Waals surface area contributed by atoms with Gasteiger partial charge >= 0.3 is 6.61 Å². The standard InChI is InChI=1S/C16H18F2N6O2/c1-23(16-21-13(19)10-7-20-24(2)14(10)22-16)8-9-4-5-11(25-3)12(6-9)26-15(17)18/h4-7,15H,8H2,1-3H3,(H2,19,21,22). The van der Waals surface area contributed by atoms with Gasteiger partial charge < -0.3 is 20.1 Å². The molecule has 2 N–H and O–H groups in total. The Kier molecular flexibility index (Phi) is 4.74. The molecule has 0 unspecified atom stereocenters. The van der Waals surface area contributed by atoms with E-state index in [4.69, 9.17) is 10.5 Å². The van der Waals surface area contributed by atoms with Gasteiger partial charge in [0.1, 0.15) is 5.82 Å². The van der Waals surface area contributed by atoms with Crippen LogP contribution >= 0.6 is 0 Å². The summed E-state index contributed by atoms with van der Waals surface area (Å²) in [5.74, 6) is 0.913. The van der Waals surface area contributed by atoms with Crippen LogP contribution in [0.2, 0.25) is 0 Å². The first-order valence-corrected chi connectivity index (χ1v) is 7.67. The second kappa shape index (κ2) is 6.98. The zero-order chi connectivity index (χ0) is 18.8. The van der Waals surface area contributed by atoms with Crippen molar-refractivity contribution in [1.29, 1.82) is 0 Å². The predicted octanol–water partition coefficient (Wildman–Crippen LogP) is 2.19. The molecule has 0 saturated heterocycles. The lowest BCUT2D eigenvalue weighted by Crippen LogP contribution is -2.20. The molecule has 0 amide bonds. The number of hydrogen-bond acceptors (Lipinski definition) is 7. The predicted molar refractivity (Wildman–Crippen MR) is 92.4 cm³/mol. The highest BCUT2D eigenvalue weighted by atomic mass is 19.3. The second-order valence-electron chi connectivity index (χ2n) is 5.63. The summed E-state index contributed by atoms with van der Waals surface area (Å²) >= 11 is 0. The molecule has 2 heterocycles. The number of aromatic nitrogens is 4. The van der Waals surface area contributed by atoms with Crippen LogP contribution in [0.25, 0.3) is 11.0 Å². The smallest absolute Gasteiger partial charge is 0.387 e. The fourth-order valence-electron chi connectivity index (χ4n) is 2.55. The minimum Gasteiger partial charge on any atom is -0.493 e. The van der Waals surface area contributed by atoms with Gasteiger partial charge in [0.05, 0.1) is 18.7 Å². The fourth-order valence-corrected chi connectivity index (χ4v) is 2.55. The molecule has 3 aromatic rings. The Bertz CT molecular complexity index is 930. The van der Waals surface area contributed by atoms with Crippen LogP contribution in [-0.4, -0.2) is 40.5 Å². The van der Waals surface area contributed by atoms with E-state index in [2.05, 4.69) is 19.8 Å². The number of fused-ring (bicyclic) bond motifs is 1. The molecule has 0 spiro atoms. The molecule has 26 heavy (non-hydrogen) atoms. The van der Waals surface area contributed by atoms with Crippen molar-refractivity contribution in [2.45, 2.75) is 13.2 Å². The lowest BCUT2D eigenvalue weighted by Gasteiger charge is -2.19. The van der Waals surface area contributed by atoms with E-state index in [9.17, 15) is 8.78 Å². The van der Waals surface area contributed by atoms with Gasteiger partial charge in [-0.3, -0.25) is 4.68 Å². The Morgan fingerprint density at radius 3 is 2.73 bits per heavy atom. The highest BCUT2D eigenvalue weighted by molar-refractivity contribution is 5.86. The molecular weight excluding hydrogens is 346 g/mol. The van der Waals surface area contributed by atoms with Gasteiger partial charge in [0, 0.05) is 20.6 Å². The number of halogens is 2. The van der Waals surface area contributed by atoms with Gasteiger partial charge in [-0.1, -0.05) is 6.07 Å². The van der Waals surface area contributed by atoms with E-state index >= 15 is 0 Å². The van der Waals surface area contributed by atoms with Crippen molar-refractivity contribution in [2.75, 3.05) is 24.8 Å². The normalized spacial score (nSPS) is 11.2. The molecule has 0 aliphatic rings. The van der Waals surface area contributed by atoms with E-state index in [0.29, 0.717) is 29.3 Å². The number of hydrogen-bond donors (Lipinski definition) is 1. The monoisotopic (exact) mass is 364 g/mol. The van der Waals surface area contributed by atoms with Crippen molar-refractivity contribution in [3.8, 4) is 11.5 Å². The summed E-state index contributed by atoms with van der Waals surface area (Å²) in [6.45, 7) is -2.58. The maximum atomic E-state index is 12.6. The first-order valence-electron chi connectivity index (χ1n) is 7.67. The van der Waals surface area contributed by atoms with Crippen molar-refractivity contribution in [2.24, 2.45) is 7.05 Å². The van der Waals surface area contributed by atoms with Gasteiger partial charge in [-0.2, -0.15) is 23.8 Å². The summed E-state index contributed by atoms with van der Waals surface area (Å²) < 4.78 is 36.3. The lowest BCUT2D eigenvalue weighted by molar-refractivity contribution is -0.0512. The minimum absolute atomic E-state index is 0.0316. The summed E-state index contributed by atoms with van der Waals surface area (Å²) in [5, 5.41) is 4.78. The van der Waals surface area contributed by atoms with E-state index in [1.54, 1.807) is 42.0 Å². The van der Waals surface area contributed by atoms with Crippen LogP contribution < -0.4 is 20.1 Å². The third-order valence-corrected chi connectivity index (χ3v) is 3.82. The lowest BCUT2D eigenvalue weighted by atomic mass is 10.2. The fraction of sp³-hybridized carbons (Fsp3) is 0.312. The summed E-state index contributed by atoms with van der Waals surface area (Å²) in [7, 11) is 4.92. The number of nitrogen functional groups attached to an aromatic ring is 1. The van der Waals surface area contributed by atoms with Gasteiger partial charge in [0.25, 0.3) is 0 Å². The molecular formula is C16H18F2N6O2. The quantitative estimate of drug-likeness (QED) is 0.717. The second-order valence-corrected chi connectivity index (χ2v) is 5.63. The molecule has 2 aromatic heterocycles. The van der Waals surface area contributed by atoms with Crippen LogP contribution in [0.3, 0.4) is 0 Å². The summed E-state index contributed by atoms with van der Waals surface area (Å²) in [6, 6.07) is 4.81. The molecule has 0 saturated carbocycles. The Morgan fingerprint density at radius 2 is 2.04 bits per heavy atom. The average Bonchev–Trinajstić information content (AvgIpc) is 2.96. The maximum absolute atomic E-state index is 12.6. The average molecular weight is 364 g/mol. The molecule has 0 fully saturated rings. The SMILES string of the molecule is COc1ccc(CN(C)c2nc(N)c3cnn(C)c3n2)cc1OC(F)F. The molecule has 138 valence electrons. The van der Waals surface area contributed by atoms with Crippen LogP contribution in [0.5, 0.6) is 11.5 Å². The Morgan fingerprint density at radius 1 is 1.27 bits per heavy atom. The summed E-state index contributed by atoms with van der Waals surface area (Å²) in [5.41, 5.74) is 7.29. The number of rotatable bonds is 6. The number of anilines is 2. The Labute approximate surface area is 148 Å². The molecule has 10 heteroatoms. The van der Waals surface area contributed by atoms with E-state index in [0.717, 1.165) is 5.56 Å². The van der Waals surface area contributed by atoms with Crippen LogP contribution in [0.1, 0.15) is 5.56 Å². The van der Waals surface area contributed by atoms with E-state index in [-0.39, 0.29) is 11.5 Å². The van der Waals surface area contributed by atoms with Crippen LogP contribution in [-0.2, 0) is 13.6 Å². The number of methoxy groups -OCH3 is 1. The molecule has 0 atom stereocenters. The van der Waals surface area contributed by atoms with E-state index < -0.39 is 6.61 Å². The van der Waals surface area contributed by atoms with Gasteiger partial charge in [-0.25, -0.2) is 0 Å². The molecule has 3 rings (SSSR count). The third kappa shape index (κ3) is 3.44. The highest BCUT2D eigenvalue weighted by Gasteiger charge is 2.15. The number of alkyl halides is 2. The molecule has 0 radical (unpaired) electrons. The molecule has 1 aromatic carbocycles. The van der Waals surface area contributed by atoms with Crippen molar-refractivity contribution in [3.05, 3.63) is 30.0 Å². The van der Waals surface area contributed by atoms with Crippen molar-refractivity contribution >= 4 is 22.8 Å². The minimum atomic E-state index is -2.94. The molecule has 0 aliphatic heterocycles. The van der Waals surface area contributed by atoms with E-state index in [1.807, 2.05) is 0 Å². The van der Waals surface area contributed by atoms with Crippen LogP contribution in [0.4, 0.5) is 20.5 Å². The number of aryl methyl sites for hydroxylation is 1. The van der Waals surface area contributed by atoms with Crippen molar-refractivity contribution in [3.63, 3.8) is 0 Å². The van der Waals surface area contributed by atoms with Gasteiger partial charge in [0.15, 0.2) is 17.1 Å². The molecule has 8 nitrogen and oxygen atoms in total. The summed E-state index contributed by atoms with van der Waals surface area (Å²) in [6.07, 6.45) is 1.60. The number of nitrogens with two attached hydrogens (primary N) is 1. The Hall–Kier alpha value is -3.17. The zero-order valence-corrected chi connectivity index (χ0v) is 14.5. The number of benzene rings is 1. The van der Waals surface area contributed by atoms with E-state index in [1.165, 1.54) is 13.2 Å². The largest absolute Gasteiger partial charge is 0.493 e. The van der Waals surface area contributed by atoms with Gasteiger partial charge in [-0.05, 0) is 17.7 Å². The first-order chi connectivity index (χ1) is 12.4. The molecule has 0 aliphatic carbocycles. The summed E-state index contributed by atoms with van der Waals surface area (Å²) in [4.78, 5) is 10.5. The Balaban J connectivity index is 1.88. The third-order valence-electron chi connectivity index (χ3n) is 3.82. The van der Waals surface area contributed by atoms with Gasteiger partial charge in [-0.15, -0.1) is 0 Å². The van der Waals surface area contributed by atoms with Crippen molar-refractivity contribution in [1.82, 2.24) is 19.7 Å². The topological polar surface area (TPSA) is 91.3 Å². The van der Waals surface area contributed by atoms with Crippen LogP contribution in [0, 0.1) is 0 Å². The maximum Gasteiger partial charge on any atom is 0.387 e. The van der Waals surface area contributed by atoms with Crippen LogP contribution in [0.15, 0.2) is 24.4 Å². The van der Waals surface area contributed by atoms with Crippen molar-refractivity contribution < 1.29 is 18.3 Å². The first kappa shape index (κ1) is 17.6. The molecule has 0 bridgehead atoms. The van der Waals surface area contributed by atoms with Gasteiger partial charge in [0.2, 0.25) is 5.95 Å². The highest BCUT2D eigenvalue weighted by Crippen LogP contribution is 2.30. The number of nitrogens with zero attached hydrogens (tertiary/aromatic N) is 5. The zero-order valence-electron chi connectivity index (χ0n) is 14.5.